The molecule has 0 aromatic carbocycles. The first-order valence-electron chi connectivity index (χ1n) is 8.25. The number of alkyl halides is 15. The lowest BCUT2D eigenvalue weighted by atomic mass is 9.65. The van der Waals surface area contributed by atoms with Gasteiger partial charge in [-0.05, 0) is 19.3 Å². The molecule has 1 fully saturated rings. The molecular formula is C13H11F15O5S. The summed E-state index contributed by atoms with van der Waals surface area (Å²) >= 11 is 0. The van der Waals surface area contributed by atoms with E-state index in [1.807, 2.05) is 0 Å². The Morgan fingerprint density at radius 2 is 0.824 bits per heavy atom. The molecule has 0 amide bonds. The zero-order chi connectivity index (χ0) is 27.6. The van der Waals surface area contributed by atoms with Crippen LogP contribution in [0.1, 0.15) is 19.3 Å². The van der Waals surface area contributed by atoms with Crippen molar-refractivity contribution in [1.82, 2.24) is 0 Å². The third kappa shape index (κ3) is 5.15. The minimum atomic E-state index is -6.97. The highest BCUT2D eigenvalue weighted by Crippen LogP contribution is 2.58. The Hall–Kier alpha value is -1.22. The Balaban J connectivity index is 3.77. The Labute approximate surface area is 178 Å². The van der Waals surface area contributed by atoms with Crippen LogP contribution in [0.5, 0.6) is 0 Å². The Morgan fingerprint density at radius 1 is 0.559 bits per heavy atom. The van der Waals surface area contributed by atoms with Crippen molar-refractivity contribution in [1.29, 1.82) is 0 Å². The van der Waals surface area contributed by atoms with Gasteiger partial charge in [-0.1, -0.05) is 0 Å². The number of halogens is 15. The lowest BCUT2D eigenvalue weighted by Crippen LogP contribution is -2.67. The summed E-state index contributed by atoms with van der Waals surface area (Å²) < 4.78 is 220. The van der Waals surface area contributed by atoms with Crippen molar-refractivity contribution in [3.05, 3.63) is 0 Å². The first kappa shape index (κ1) is 30.8. The molecule has 0 bridgehead atoms. The third-order valence-corrected chi connectivity index (χ3v) is 6.21. The maximum absolute atomic E-state index is 13.1. The van der Waals surface area contributed by atoms with E-state index in [2.05, 4.69) is 4.18 Å². The van der Waals surface area contributed by atoms with Gasteiger partial charge >= 0.3 is 40.3 Å². The second-order valence-corrected chi connectivity index (χ2v) is 8.81. The lowest BCUT2D eigenvalue weighted by Gasteiger charge is -2.48. The van der Waals surface area contributed by atoms with E-state index in [1.54, 1.807) is 0 Å². The normalized spacial score (nSPS) is 24.9. The SMILES string of the molecule is O=S(=O)(OC1CC(C(O)(C(F)(F)F)C(F)(F)F)CC(C(O)(C(F)(F)F)C(F)(F)F)C1)C(F)(F)F. The van der Waals surface area contributed by atoms with Crippen LogP contribution in [0, 0.1) is 11.8 Å². The molecule has 1 saturated carbocycles. The molecule has 21 heteroatoms. The maximum atomic E-state index is 13.1. The highest BCUT2D eigenvalue weighted by Gasteiger charge is 2.78. The zero-order valence-corrected chi connectivity index (χ0v) is 16.4. The van der Waals surface area contributed by atoms with Crippen LogP contribution in [0.25, 0.3) is 0 Å². The number of hydrogen-bond donors (Lipinski definition) is 2. The van der Waals surface area contributed by atoms with Crippen LogP contribution in [-0.2, 0) is 14.3 Å². The Kier molecular flexibility index (Phi) is 7.63. The van der Waals surface area contributed by atoms with E-state index in [-0.39, 0.29) is 0 Å². The molecule has 0 spiro atoms. The molecule has 5 nitrogen and oxygen atoms in total. The number of rotatable bonds is 4. The Bertz CT molecular complexity index is 761. The first-order valence-corrected chi connectivity index (χ1v) is 9.66. The average molecular weight is 564 g/mol. The first-order chi connectivity index (χ1) is 14.5. The van der Waals surface area contributed by atoms with Crippen molar-refractivity contribution in [3.63, 3.8) is 0 Å². The third-order valence-electron chi connectivity index (χ3n) is 5.12. The molecule has 0 aromatic rings. The van der Waals surface area contributed by atoms with Crippen LogP contribution in [-0.4, -0.2) is 66.2 Å². The standard InChI is InChI=1S/C13H11F15O5S/c14-9(15,16)7(29,10(17,18)19)4-1-5(8(30,11(20,21)22)12(23,24)25)3-6(2-4)33-34(31,32)13(26,27)28/h4-6,29-30H,1-3H2. The summed E-state index contributed by atoms with van der Waals surface area (Å²) in [7, 11) is -6.97. The molecule has 0 saturated heterocycles. The molecule has 0 aliphatic heterocycles. The largest absolute Gasteiger partial charge is 0.523 e. The molecular weight excluding hydrogens is 553 g/mol. The second kappa shape index (κ2) is 8.43. The average Bonchev–Trinajstić information content (AvgIpc) is 2.54. The van der Waals surface area contributed by atoms with Gasteiger partial charge in [0.25, 0.3) is 11.2 Å². The van der Waals surface area contributed by atoms with Crippen LogP contribution in [0.15, 0.2) is 0 Å². The van der Waals surface area contributed by atoms with Crippen LogP contribution < -0.4 is 0 Å². The fourth-order valence-corrected chi connectivity index (χ4v) is 4.13. The highest BCUT2D eigenvalue weighted by molar-refractivity contribution is 7.87. The molecule has 204 valence electrons. The van der Waals surface area contributed by atoms with Crippen molar-refractivity contribution in [2.24, 2.45) is 11.8 Å². The summed E-state index contributed by atoms with van der Waals surface area (Å²) in [5.41, 5.74) is -18.7. The molecule has 2 atom stereocenters. The van der Waals surface area contributed by atoms with E-state index < -0.39 is 88.7 Å². The summed E-state index contributed by atoms with van der Waals surface area (Å²) in [6.45, 7) is 0. The van der Waals surface area contributed by atoms with E-state index in [1.165, 1.54) is 0 Å². The highest BCUT2D eigenvalue weighted by atomic mass is 32.2. The van der Waals surface area contributed by atoms with Crippen LogP contribution in [0.3, 0.4) is 0 Å². The molecule has 0 radical (unpaired) electrons. The fourth-order valence-electron chi connectivity index (χ4n) is 3.51. The fraction of sp³-hybridized carbons (Fsp3) is 1.00. The molecule has 2 N–H and O–H groups in total. The predicted octanol–water partition coefficient (Wildman–Crippen LogP) is 4.35. The summed E-state index contributed by atoms with van der Waals surface area (Å²) in [6, 6.07) is 0. The summed E-state index contributed by atoms with van der Waals surface area (Å²) in [6.07, 6.45) is -37.9. The minimum absolute atomic E-state index is 2.24. The van der Waals surface area contributed by atoms with Gasteiger partial charge in [-0.25, -0.2) is 0 Å². The van der Waals surface area contributed by atoms with E-state index in [0.717, 1.165) is 0 Å². The van der Waals surface area contributed by atoms with Crippen molar-refractivity contribution < 1.29 is 88.7 Å². The van der Waals surface area contributed by atoms with Crippen LogP contribution >= 0.6 is 0 Å². The molecule has 0 aromatic heterocycles. The van der Waals surface area contributed by atoms with Gasteiger partial charge in [0.2, 0.25) is 0 Å². The van der Waals surface area contributed by atoms with Gasteiger partial charge in [0.05, 0.1) is 6.10 Å². The van der Waals surface area contributed by atoms with Gasteiger partial charge < -0.3 is 10.2 Å². The summed E-state index contributed by atoms with van der Waals surface area (Å²) in [5, 5.41) is 18.7. The monoisotopic (exact) mass is 564 g/mol. The summed E-state index contributed by atoms with van der Waals surface area (Å²) in [4.78, 5) is 0. The van der Waals surface area contributed by atoms with Gasteiger partial charge in [0, 0.05) is 11.8 Å². The lowest BCUT2D eigenvalue weighted by molar-refractivity contribution is -0.405. The van der Waals surface area contributed by atoms with Gasteiger partial charge in [0.15, 0.2) is 0 Å². The quantitative estimate of drug-likeness (QED) is 0.302. The van der Waals surface area contributed by atoms with Gasteiger partial charge in [-0.3, -0.25) is 4.18 Å². The smallest absolute Gasteiger partial charge is 0.373 e. The maximum Gasteiger partial charge on any atom is 0.523 e. The van der Waals surface area contributed by atoms with Crippen LogP contribution in [0.2, 0.25) is 0 Å². The van der Waals surface area contributed by atoms with Crippen molar-refractivity contribution in [3.8, 4) is 0 Å². The van der Waals surface area contributed by atoms with Crippen molar-refractivity contribution >= 4 is 10.1 Å². The van der Waals surface area contributed by atoms with Crippen molar-refractivity contribution in [2.75, 3.05) is 0 Å². The zero-order valence-electron chi connectivity index (χ0n) is 15.6. The minimum Gasteiger partial charge on any atom is -0.373 e. The van der Waals surface area contributed by atoms with E-state index in [0.29, 0.717) is 0 Å². The van der Waals surface area contributed by atoms with Crippen LogP contribution in [0.4, 0.5) is 65.9 Å². The number of hydrogen-bond acceptors (Lipinski definition) is 5. The second-order valence-electron chi connectivity index (χ2n) is 7.24. The number of aliphatic hydroxyl groups is 2. The van der Waals surface area contributed by atoms with Gasteiger partial charge in [-0.15, -0.1) is 0 Å². The topological polar surface area (TPSA) is 83.8 Å². The Morgan fingerprint density at radius 3 is 1.03 bits per heavy atom. The molecule has 1 aliphatic carbocycles. The predicted molar refractivity (Wildman–Crippen MR) is 74.8 cm³/mol. The molecule has 1 aliphatic rings. The van der Waals surface area contributed by atoms with E-state index in [9.17, 15) is 84.5 Å². The molecule has 2 unspecified atom stereocenters. The van der Waals surface area contributed by atoms with Crippen molar-refractivity contribution in [2.45, 2.75) is 66.8 Å². The van der Waals surface area contributed by atoms with Gasteiger partial charge in [-0.2, -0.15) is 74.3 Å². The van der Waals surface area contributed by atoms with E-state index in [4.69, 9.17) is 0 Å². The molecule has 0 heterocycles. The molecule has 34 heavy (non-hydrogen) atoms. The summed E-state index contributed by atoms with van der Waals surface area (Å²) in [5.74, 6) is -7.73. The van der Waals surface area contributed by atoms with E-state index >= 15 is 0 Å². The van der Waals surface area contributed by atoms with Gasteiger partial charge in [0.1, 0.15) is 0 Å². The molecule has 1 rings (SSSR count).